The van der Waals surface area contributed by atoms with E-state index in [0.29, 0.717) is 17.7 Å². The predicted octanol–water partition coefficient (Wildman–Crippen LogP) is 2.17. The summed E-state index contributed by atoms with van der Waals surface area (Å²) in [6.07, 6.45) is -2.06. The van der Waals surface area contributed by atoms with E-state index < -0.39 is 12.7 Å². The molecule has 2 rings (SSSR count). The van der Waals surface area contributed by atoms with Gasteiger partial charge in [0.15, 0.2) is 11.5 Å². The van der Waals surface area contributed by atoms with E-state index in [1.165, 1.54) is 13.4 Å². The van der Waals surface area contributed by atoms with Gasteiger partial charge in [-0.2, -0.15) is 23.1 Å². The van der Waals surface area contributed by atoms with E-state index in [4.69, 9.17) is 0 Å². The Hall–Kier alpha value is -2.06. The lowest BCUT2D eigenvalue weighted by Gasteiger charge is -2.20. The monoisotopic (exact) mass is 288 g/mol. The van der Waals surface area contributed by atoms with Crippen LogP contribution in [0.15, 0.2) is 6.33 Å². The Morgan fingerprint density at radius 2 is 2.10 bits per heavy atom. The first-order chi connectivity index (χ1) is 9.40. The van der Waals surface area contributed by atoms with Crippen LogP contribution in [0.25, 0.3) is 11.2 Å². The van der Waals surface area contributed by atoms with Gasteiger partial charge in [-0.25, -0.2) is 4.98 Å². The quantitative estimate of drug-likeness (QED) is 0.882. The van der Waals surface area contributed by atoms with Crippen LogP contribution in [0.4, 0.5) is 24.9 Å². The molecule has 0 aliphatic heterocycles. The molecule has 2 N–H and O–H groups in total. The standard InChI is InChI=1S/C11H15F3N6/c1-3-4-15-10-18-8-7(16-6-17-8)9(19-10)20(2)5-11(12,13)14/h6H,3-5H2,1-2H3,(H2,15,16,17,18,19). The van der Waals surface area contributed by atoms with E-state index >= 15 is 0 Å². The third kappa shape index (κ3) is 3.28. The molecular formula is C11H15F3N6. The molecule has 0 bridgehead atoms. The van der Waals surface area contributed by atoms with E-state index in [0.717, 1.165) is 11.3 Å². The van der Waals surface area contributed by atoms with Gasteiger partial charge in [0.05, 0.1) is 6.33 Å². The largest absolute Gasteiger partial charge is 0.405 e. The molecule has 0 spiro atoms. The van der Waals surface area contributed by atoms with Crippen molar-refractivity contribution in [3.8, 4) is 0 Å². The van der Waals surface area contributed by atoms with Crippen LogP contribution in [-0.4, -0.2) is 46.2 Å². The van der Waals surface area contributed by atoms with Crippen molar-refractivity contribution in [2.45, 2.75) is 19.5 Å². The number of alkyl halides is 3. The van der Waals surface area contributed by atoms with Gasteiger partial charge >= 0.3 is 6.18 Å². The van der Waals surface area contributed by atoms with E-state index in [1.807, 2.05) is 6.92 Å². The van der Waals surface area contributed by atoms with Crippen molar-refractivity contribution in [3.63, 3.8) is 0 Å². The fourth-order valence-electron chi connectivity index (χ4n) is 1.75. The highest BCUT2D eigenvalue weighted by atomic mass is 19.4. The smallest absolute Gasteiger partial charge is 0.354 e. The first kappa shape index (κ1) is 14.4. The van der Waals surface area contributed by atoms with Crippen molar-refractivity contribution in [2.24, 2.45) is 0 Å². The maximum Gasteiger partial charge on any atom is 0.405 e. The Bertz CT molecular complexity index is 579. The Morgan fingerprint density at radius 3 is 2.75 bits per heavy atom. The second-order valence-corrected chi connectivity index (χ2v) is 4.37. The number of anilines is 2. The molecule has 0 fully saturated rings. The third-order valence-corrected chi connectivity index (χ3v) is 2.58. The Kier molecular flexibility index (Phi) is 3.96. The number of halogens is 3. The lowest BCUT2D eigenvalue weighted by Crippen LogP contribution is -2.31. The number of aromatic nitrogens is 4. The molecule has 0 atom stereocenters. The molecule has 2 aromatic heterocycles. The highest BCUT2D eigenvalue weighted by Gasteiger charge is 2.31. The maximum absolute atomic E-state index is 12.5. The molecule has 0 amide bonds. The number of imidazole rings is 1. The Balaban J connectivity index is 2.36. The molecule has 110 valence electrons. The fraction of sp³-hybridized carbons (Fsp3) is 0.545. The van der Waals surface area contributed by atoms with Crippen molar-refractivity contribution >= 4 is 22.9 Å². The zero-order valence-corrected chi connectivity index (χ0v) is 11.1. The van der Waals surface area contributed by atoms with Gasteiger partial charge in [-0.1, -0.05) is 6.92 Å². The number of fused-ring (bicyclic) bond motifs is 1. The lowest BCUT2D eigenvalue weighted by molar-refractivity contribution is -0.119. The summed E-state index contributed by atoms with van der Waals surface area (Å²) in [5.41, 5.74) is 0.724. The predicted molar refractivity (Wildman–Crippen MR) is 69.8 cm³/mol. The van der Waals surface area contributed by atoms with Crippen molar-refractivity contribution < 1.29 is 13.2 Å². The summed E-state index contributed by atoms with van der Waals surface area (Å²) in [5.74, 6) is 0.443. The average molecular weight is 288 g/mol. The first-order valence-corrected chi connectivity index (χ1v) is 6.13. The number of rotatable bonds is 5. The van der Waals surface area contributed by atoms with Crippen molar-refractivity contribution in [3.05, 3.63) is 6.33 Å². The second kappa shape index (κ2) is 5.51. The molecule has 0 saturated carbocycles. The van der Waals surface area contributed by atoms with Crippen LogP contribution in [0.2, 0.25) is 0 Å². The van der Waals surface area contributed by atoms with Gasteiger partial charge in [0.2, 0.25) is 5.95 Å². The van der Waals surface area contributed by atoms with E-state index in [9.17, 15) is 13.2 Å². The van der Waals surface area contributed by atoms with Crippen LogP contribution < -0.4 is 10.2 Å². The Labute approximate surface area is 113 Å². The molecule has 20 heavy (non-hydrogen) atoms. The first-order valence-electron chi connectivity index (χ1n) is 6.13. The molecule has 2 heterocycles. The molecular weight excluding hydrogens is 273 g/mol. The van der Waals surface area contributed by atoms with Crippen LogP contribution in [0, 0.1) is 0 Å². The second-order valence-electron chi connectivity index (χ2n) is 4.37. The van der Waals surface area contributed by atoms with E-state index in [-0.39, 0.29) is 11.8 Å². The van der Waals surface area contributed by atoms with Crippen LogP contribution >= 0.6 is 0 Å². The summed E-state index contributed by atoms with van der Waals surface area (Å²) in [7, 11) is 1.33. The van der Waals surface area contributed by atoms with Crippen LogP contribution in [0.5, 0.6) is 0 Å². The zero-order chi connectivity index (χ0) is 14.8. The topological polar surface area (TPSA) is 69.7 Å². The number of H-pyrrole nitrogens is 1. The summed E-state index contributed by atoms with van der Waals surface area (Å²) < 4.78 is 37.5. The maximum atomic E-state index is 12.5. The number of aromatic amines is 1. The summed E-state index contributed by atoms with van der Waals surface area (Å²) >= 11 is 0. The van der Waals surface area contributed by atoms with Crippen LogP contribution in [0.3, 0.4) is 0 Å². The average Bonchev–Trinajstić information content (AvgIpc) is 2.81. The summed E-state index contributed by atoms with van der Waals surface area (Å²) in [5, 5.41) is 2.95. The number of nitrogens with zero attached hydrogens (tertiary/aromatic N) is 4. The van der Waals surface area contributed by atoms with Gasteiger partial charge in [0, 0.05) is 13.6 Å². The minimum atomic E-state index is -4.30. The van der Waals surface area contributed by atoms with Crippen LogP contribution in [-0.2, 0) is 0 Å². The van der Waals surface area contributed by atoms with Crippen molar-refractivity contribution in [2.75, 3.05) is 30.4 Å². The van der Waals surface area contributed by atoms with Gasteiger partial charge in [-0.3, -0.25) is 0 Å². The van der Waals surface area contributed by atoms with E-state index in [2.05, 4.69) is 25.3 Å². The fourth-order valence-corrected chi connectivity index (χ4v) is 1.75. The molecule has 9 heteroatoms. The van der Waals surface area contributed by atoms with Crippen molar-refractivity contribution in [1.29, 1.82) is 0 Å². The summed E-state index contributed by atoms with van der Waals surface area (Å²) in [6, 6.07) is 0. The molecule has 0 radical (unpaired) electrons. The normalized spacial score (nSPS) is 11.8. The molecule has 0 aliphatic carbocycles. The molecule has 0 aliphatic rings. The highest BCUT2D eigenvalue weighted by molar-refractivity contribution is 5.84. The molecule has 0 unspecified atom stereocenters. The lowest BCUT2D eigenvalue weighted by atomic mass is 10.4. The number of hydrogen-bond donors (Lipinski definition) is 2. The number of nitrogens with one attached hydrogen (secondary N) is 2. The van der Waals surface area contributed by atoms with Gasteiger partial charge in [-0.15, -0.1) is 0 Å². The third-order valence-electron chi connectivity index (χ3n) is 2.58. The molecule has 2 aromatic rings. The van der Waals surface area contributed by atoms with Gasteiger partial charge < -0.3 is 15.2 Å². The van der Waals surface area contributed by atoms with Gasteiger partial charge in [-0.05, 0) is 6.42 Å². The summed E-state index contributed by atoms with van der Waals surface area (Å²) in [4.78, 5) is 16.0. The van der Waals surface area contributed by atoms with Crippen LogP contribution in [0.1, 0.15) is 13.3 Å². The SMILES string of the molecule is CCCNc1nc(N(C)CC(F)(F)F)c2[nH]cnc2n1. The number of hydrogen-bond acceptors (Lipinski definition) is 5. The minimum absolute atomic E-state index is 0.170. The summed E-state index contributed by atoms with van der Waals surface area (Å²) in [6.45, 7) is 1.51. The van der Waals surface area contributed by atoms with E-state index in [1.54, 1.807) is 0 Å². The van der Waals surface area contributed by atoms with Gasteiger partial charge in [0.1, 0.15) is 12.1 Å². The van der Waals surface area contributed by atoms with Crippen molar-refractivity contribution in [1.82, 2.24) is 19.9 Å². The van der Waals surface area contributed by atoms with Gasteiger partial charge in [0.25, 0.3) is 0 Å². The Morgan fingerprint density at radius 1 is 1.35 bits per heavy atom. The zero-order valence-electron chi connectivity index (χ0n) is 11.1. The molecule has 0 aromatic carbocycles. The minimum Gasteiger partial charge on any atom is -0.354 e. The molecule has 6 nitrogen and oxygen atoms in total. The molecule has 0 saturated heterocycles. The highest BCUT2D eigenvalue weighted by Crippen LogP contribution is 2.25.